The molecular weight excluding hydrogens is 318 g/mol. The van der Waals surface area contributed by atoms with Gasteiger partial charge in [0.05, 0.1) is 13.4 Å². The molecule has 0 saturated carbocycles. The maximum Gasteiger partial charge on any atom is 0.337 e. The highest BCUT2D eigenvalue weighted by atomic mass is 16.8. The molecule has 2 fully saturated rings. The second-order valence-electron chi connectivity index (χ2n) is 6.12. The molecular formula is C14H17N5O5. The van der Waals surface area contributed by atoms with Gasteiger partial charge < -0.3 is 24.7 Å². The molecule has 2 N–H and O–H groups in total. The number of nitrogen functional groups attached to an aromatic ring is 1. The van der Waals surface area contributed by atoms with Crippen molar-refractivity contribution in [2.75, 3.05) is 12.8 Å². The number of rotatable bonds is 2. The molecule has 10 heteroatoms. The van der Waals surface area contributed by atoms with Crippen molar-refractivity contribution in [3.63, 3.8) is 0 Å². The lowest BCUT2D eigenvalue weighted by Crippen LogP contribution is -2.36. The summed E-state index contributed by atoms with van der Waals surface area (Å²) >= 11 is 0. The number of anilines is 1. The predicted octanol–water partition coefficient (Wildman–Crippen LogP) is -0.00100. The largest absolute Gasteiger partial charge is 0.467 e. The van der Waals surface area contributed by atoms with Gasteiger partial charge in [-0.1, -0.05) is 0 Å². The smallest absolute Gasteiger partial charge is 0.337 e. The number of hydrogen-bond acceptors (Lipinski definition) is 9. The molecule has 0 radical (unpaired) electrons. The number of nitrogens with two attached hydrogens (primary N) is 1. The Labute approximate surface area is 136 Å². The van der Waals surface area contributed by atoms with Crippen molar-refractivity contribution in [2.24, 2.45) is 0 Å². The minimum atomic E-state index is -0.900. The van der Waals surface area contributed by atoms with Gasteiger partial charge in [-0.3, -0.25) is 4.57 Å². The van der Waals surface area contributed by atoms with E-state index in [1.165, 1.54) is 19.8 Å². The summed E-state index contributed by atoms with van der Waals surface area (Å²) in [7, 11) is 1.30. The molecule has 4 unspecified atom stereocenters. The number of fused-ring (bicyclic) bond motifs is 2. The van der Waals surface area contributed by atoms with Gasteiger partial charge in [-0.15, -0.1) is 0 Å². The summed E-state index contributed by atoms with van der Waals surface area (Å²) in [6.07, 6.45) is 0.220. The number of aromatic nitrogens is 4. The van der Waals surface area contributed by atoms with Crippen LogP contribution in [0.25, 0.3) is 11.2 Å². The van der Waals surface area contributed by atoms with E-state index in [-0.39, 0.29) is 5.82 Å². The van der Waals surface area contributed by atoms with Crippen LogP contribution in [-0.4, -0.2) is 56.7 Å². The molecule has 2 saturated heterocycles. The second kappa shape index (κ2) is 5.10. The molecule has 0 aliphatic carbocycles. The lowest BCUT2D eigenvalue weighted by molar-refractivity contribution is -0.203. The first-order valence-electron chi connectivity index (χ1n) is 7.43. The lowest BCUT2D eigenvalue weighted by atomic mass is 10.1. The van der Waals surface area contributed by atoms with Crippen LogP contribution in [0.5, 0.6) is 0 Å². The van der Waals surface area contributed by atoms with Gasteiger partial charge >= 0.3 is 5.97 Å². The summed E-state index contributed by atoms with van der Waals surface area (Å²) in [6.45, 7) is 3.56. The zero-order valence-electron chi connectivity index (χ0n) is 13.4. The minimum absolute atomic E-state index is 0.265. The van der Waals surface area contributed by atoms with Gasteiger partial charge in [0.15, 0.2) is 29.6 Å². The number of esters is 1. The first-order valence-corrected chi connectivity index (χ1v) is 7.43. The highest BCUT2D eigenvalue weighted by Crippen LogP contribution is 2.44. The fourth-order valence-corrected chi connectivity index (χ4v) is 3.16. The second-order valence-corrected chi connectivity index (χ2v) is 6.12. The number of carbonyl (C=O) groups is 1. The van der Waals surface area contributed by atoms with E-state index in [9.17, 15) is 4.79 Å². The van der Waals surface area contributed by atoms with E-state index in [4.69, 9.17) is 24.7 Å². The number of ether oxygens (including phenoxy) is 4. The van der Waals surface area contributed by atoms with Crippen LogP contribution in [0.3, 0.4) is 0 Å². The fraction of sp³-hybridized carbons (Fsp3) is 0.571. The molecule has 2 aromatic rings. The molecule has 2 aliphatic rings. The van der Waals surface area contributed by atoms with E-state index in [1.807, 2.05) is 0 Å². The Hall–Kier alpha value is -2.30. The monoisotopic (exact) mass is 335 g/mol. The molecule has 2 aliphatic heterocycles. The first kappa shape index (κ1) is 15.2. The fourth-order valence-electron chi connectivity index (χ4n) is 3.16. The van der Waals surface area contributed by atoms with Crippen LogP contribution in [-0.2, 0) is 23.7 Å². The molecule has 128 valence electrons. The normalized spacial score (nSPS) is 31.3. The predicted molar refractivity (Wildman–Crippen MR) is 79.5 cm³/mol. The van der Waals surface area contributed by atoms with Gasteiger partial charge in [0.1, 0.15) is 24.1 Å². The summed E-state index contributed by atoms with van der Waals surface area (Å²) in [5.41, 5.74) is 6.76. The van der Waals surface area contributed by atoms with Gasteiger partial charge in [0, 0.05) is 0 Å². The molecule has 4 atom stereocenters. The van der Waals surface area contributed by atoms with Crippen molar-refractivity contribution in [2.45, 2.75) is 44.2 Å². The van der Waals surface area contributed by atoms with Crippen molar-refractivity contribution >= 4 is 23.0 Å². The third-order valence-corrected chi connectivity index (χ3v) is 4.12. The molecule has 2 aromatic heterocycles. The Morgan fingerprint density at radius 2 is 2.04 bits per heavy atom. The van der Waals surface area contributed by atoms with Gasteiger partial charge in [-0.25, -0.2) is 19.7 Å². The minimum Gasteiger partial charge on any atom is -0.467 e. The standard InChI is InChI=1S/C14H17N5O5/c1-14(2)23-7-8(24-14)12(22-9(7)13(20)21-3)19-5-18-6-10(15)16-4-17-11(6)19/h4-5,7-9,12H,1-3H3,(H2,15,16,17). The quantitative estimate of drug-likeness (QED) is 0.755. The number of nitrogens with zero attached hydrogens (tertiary/aromatic N) is 4. The van der Waals surface area contributed by atoms with E-state index in [1.54, 1.807) is 18.4 Å². The van der Waals surface area contributed by atoms with E-state index in [2.05, 4.69) is 15.0 Å². The molecule has 0 amide bonds. The number of methoxy groups -OCH3 is 1. The highest BCUT2D eigenvalue weighted by Gasteiger charge is 2.58. The Kier molecular flexibility index (Phi) is 3.24. The van der Waals surface area contributed by atoms with Gasteiger partial charge in [0.25, 0.3) is 0 Å². The summed E-state index contributed by atoms with van der Waals surface area (Å²) in [5, 5.41) is 0. The third-order valence-electron chi connectivity index (χ3n) is 4.12. The maximum atomic E-state index is 12.0. The van der Waals surface area contributed by atoms with Gasteiger partial charge in [-0.2, -0.15) is 0 Å². The molecule has 4 heterocycles. The van der Waals surface area contributed by atoms with Crippen molar-refractivity contribution < 1.29 is 23.7 Å². The zero-order valence-corrected chi connectivity index (χ0v) is 13.4. The molecule has 10 nitrogen and oxygen atoms in total. The average molecular weight is 335 g/mol. The van der Waals surface area contributed by atoms with Crippen molar-refractivity contribution in [1.82, 2.24) is 19.5 Å². The Balaban J connectivity index is 1.77. The van der Waals surface area contributed by atoms with E-state index in [0.717, 1.165) is 0 Å². The number of imidazole rings is 1. The Bertz CT molecular complexity index is 806. The summed E-state index contributed by atoms with van der Waals surface area (Å²) in [5.74, 6) is -1.09. The molecule has 4 rings (SSSR count). The van der Waals surface area contributed by atoms with Gasteiger partial charge in [0.2, 0.25) is 0 Å². The van der Waals surface area contributed by atoms with E-state index >= 15 is 0 Å². The molecule has 24 heavy (non-hydrogen) atoms. The van der Waals surface area contributed by atoms with Crippen LogP contribution in [0.4, 0.5) is 5.82 Å². The van der Waals surface area contributed by atoms with Crippen molar-refractivity contribution in [3.05, 3.63) is 12.7 Å². The summed E-state index contributed by atoms with van der Waals surface area (Å²) in [6, 6.07) is 0. The average Bonchev–Trinajstić information content (AvgIpc) is 3.18. The Morgan fingerprint density at radius 1 is 1.29 bits per heavy atom. The van der Waals surface area contributed by atoms with E-state index < -0.39 is 36.3 Å². The van der Waals surface area contributed by atoms with Crippen LogP contribution in [0.1, 0.15) is 20.1 Å². The number of hydrogen-bond donors (Lipinski definition) is 1. The van der Waals surface area contributed by atoms with Crippen LogP contribution in [0.15, 0.2) is 12.7 Å². The molecule has 0 bridgehead atoms. The van der Waals surface area contributed by atoms with Crippen molar-refractivity contribution in [1.29, 1.82) is 0 Å². The van der Waals surface area contributed by atoms with Crippen LogP contribution < -0.4 is 5.73 Å². The number of carbonyl (C=O) groups excluding carboxylic acids is 1. The Morgan fingerprint density at radius 3 is 2.79 bits per heavy atom. The van der Waals surface area contributed by atoms with E-state index in [0.29, 0.717) is 11.2 Å². The third kappa shape index (κ3) is 2.14. The SMILES string of the molecule is COC(=O)C1OC(n2cnc3c(N)ncnc32)C2OC(C)(C)OC12. The molecule has 0 spiro atoms. The first-order chi connectivity index (χ1) is 11.4. The molecule has 0 aromatic carbocycles. The summed E-state index contributed by atoms with van der Waals surface area (Å²) < 4.78 is 24.1. The summed E-state index contributed by atoms with van der Waals surface area (Å²) in [4.78, 5) is 24.4. The van der Waals surface area contributed by atoms with Crippen molar-refractivity contribution in [3.8, 4) is 0 Å². The highest BCUT2D eigenvalue weighted by molar-refractivity contribution is 5.81. The topological polar surface area (TPSA) is 124 Å². The van der Waals surface area contributed by atoms with Crippen LogP contribution >= 0.6 is 0 Å². The van der Waals surface area contributed by atoms with Crippen LogP contribution in [0, 0.1) is 0 Å². The van der Waals surface area contributed by atoms with Crippen LogP contribution in [0.2, 0.25) is 0 Å². The lowest BCUT2D eigenvalue weighted by Gasteiger charge is -2.24. The zero-order chi connectivity index (χ0) is 17.1. The maximum absolute atomic E-state index is 12.0. The van der Waals surface area contributed by atoms with Gasteiger partial charge in [-0.05, 0) is 13.8 Å².